The Hall–Kier alpha value is -1.32. The number of benzene rings is 1. The molecule has 1 aliphatic carbocycles. The Labute approximate surface area is 120 Å². The first-order valence-corrected chi connectivity index (χ1v) is 7.67. The van der Waals surface area contributed by atoms with Crippen molar-refractivity contribution in [2.45, 2.75) is 44.8 Å². The first-order valence-electron chi connectivity index (χ1n) is 7.67. The van der Waals surface area contributed by atoms with Crippen LogP contribution in [0, 0.1) is 0 Å². The molecule has 3 heteroatoms. The fraction of sp³-hybridized carbons (Fsp3) is 0.529. The van der Waals surface area contributed by atoms with Crippen molar-refractivity contribution in [1.29, 1.82) is 0 Å². The number of nitrogens with zero attached hydrogens (tertiary/aromatic N) is 1. The lowest BCUT2D eigenvalue weighted by atomic mass is 10.1. The first kappa shape index (κ1) is 13.7. The van der Waals surface area contributed by atoms with Crippen molar-refractivity contribution >= 4 is 10.9 Å². The van der Waals surface area contributed by atoms with E-state index in [0.717, 1.165) is 32.2 Å². The summed E-state index contributed by atoms with van der Waals surface area (Å²) in [6.07, 6.45) is 7.20. The molecule has 0 unspecified atom stereocenters. The topological polar surface area (TPSA) is 26.2 Å². The number of ether oxygens (including phenoxy) is 1. The summed E-state index contributed by atoms with van der Waals surface area (Å²) in [5.74, 6) is 0. The molecular formula is C17H24N2O. The Morgan fingerprint density at radius 2 is 2.15 bits per heavy atom. The van der Waals surface area contributed by atoms with Crippen LogP contribution in [0.3, 0.4) is 0 Å². The lowest BCUT2D eigenvalue weighted by Gasteiger charge is -2.08. The SMILES string of the molecule is COCCCCn1ccc2c(CNC3CC3)cccc21. The standard InChI is InChI=1S/C17H24N2O/c1-20-12-3-2-10-19-11-9-16-14(5-4-6-17(16)19)13-18-15-7-8-15/h4-6,9,11,15,18H,2-3,7-8,10,12-13H2,1H3. The van der Waals surface area contributed by atoms with E-state index in [1.54, 1.807) is 7.11 Å². The molecule has 0 aliphatic heterocycles. The highest BCUT2D eigenvalue weighted by Gasteiger charge is 2.20. The molecule has 0 saturated heterocycles. The van der Waals surface area contributed by atoms with E-state index >= 15 is 0 Å². The van der Waals surface area contributed by atoms with Gasteiger partial charge in [0.2, 0.25) is 0 Å². The predicted molar refractivity (Wildman–Crippen MR) is 82.9 cm³/mol. The van der Waals surface area contributed by atoms with Crippen molar-refractivity contribution in [2.24, 2.45) is 0 Å². The lowest BCUT2D eigenvalue weighted by molar-refractivity contribution is 0.191. The quantitative estimate of drug-likeness (QED) is 0.746. The van der Waals surface area contributed by atoms with Crippen LogP contribution in [0.2, 0.25) is 0 Å². The van der Waals surface area contributed by atoms with Gasteiger partial charge in [0.25, 0.3) is 0 Å². The zero-order chi connectivity index (χ0) is 13.8. The van der Waals surface area contributed by atoms with E-state index in [4.69, 9.17) is 4.74 Å². The second-order valence-corrected chi connectivity index (χ2v) is 5.71. The Morgan fingerprint density at radius 1 is 1.25 bits per heavy atom. The summed E-state index contributed by atoms with van der Waals surface area (Å²) < 4.78 is 7.48. The molecule has 1 fully saturated rings. The van der Waals surface area contributed by atoms with Crippen molar-refractivity contribution in [2.75, 3.05) is 13.7 Å². The highest BCUT2D eigenvalue weighted by molar-refractivity contribution is 5.83. The molecule has 3 nitrogen and oxygen atoms in total. The summed E-state index contributed by atoms with van der Waals surface area (Å²) in [5, 5.41) is 5.00. The van der Waals surface area contributed by atoms with Gasteiger partial charge >= 0.3 is 0 Å². The number of hydrogen-bond acceptors (Lipinski definition) is 2. The van der Waals surface area contributed by atoms with Crippen LogP contribution in [0.1, 0.15) is 31.2 Å². The van der Waals surface area contributed by atoms with Gasteiger partial charge in [-0.15, -0.1) is 0 Å². The van der Waals surface area contributed by atoms with Crippen molar-refractivity contribution in [3.05, 3.63) is 36.0 Å². The molecular weight excluding hydrogens is 248 g/mol. The highest BCUT2D eigenvalue weighted by Crippen LogP contribution is 2.23. The van der Waals surface area contributed by atoms with Crippen LogP contribution in [0.15, 0.2) is 30.5 Å². The molecule has 108 valence electrons. The third-order valence-corrected chi connectivity index (χ3v) is 4.06. The Bertz CT molecular complexity index is 557. The van der Waals surface area contributed by atoms with E-state index in [2.05, 4.69) is 40.3 Å². The van der Waals surface area contributed by atoms with Gasteiger partial charge in [-0.25, -0.2) is 0 Å². The molecule has 3 rings (SSSR count). The van der Waals surface area contributed by atoms with Gasteiger partial charge < -0.3 is 14.6 Å². The number of aromatic nitrogens is 1. The molecule has 0 amide bonds. The molecule has 2 aromatic rings. The van der Waals surface area contributed by atoms with Gasteiger partial charge in [-0.05, 0) is 43.4 Å². The van der Waals surface area contributed by atoms with E-state index in [1.807, 2.05) is 0 Å². The van der Waals surface area contributed by atoms with Crippen molar-refractivity contribution in [1.82, 2.24) is 9.88 Å². The van der Waals surface area contributed by atoms with Crippen LogP contribution in [0.4, 0.5) is 0 Å². The third-order valence-electron chi connectivity index (χ3n) is 4.06. The molecule has 1 aliphatic rings. The fourth-order valence-electron chi connectivity index (χ4n) is 2.71. The van der Waals surface area contributed by atoms with Crippen molar-refractivity contribution in [3.8, 4) is 0 Å². The van der Waals surface area contributed by atoms with E-state index in [-0.39, 0.29) is 0 Å². The van der Waals surface area contributed by atoms with Crippen LogP contribution >= 0.6 is 0 Å². The molecule has 1 saturated carbocycles. The van der Waals surface area contributed by atoms with Gasteiger partial charge in [0.05, 0.1) is 0 Å². The van der Waals surface area contributed by atoms with Gasteiger partial charge in [0.15, 0.2) is 0 Å². The molecule has 0 atom stereocenters. The number of hydrogen-bond donors (Lipinski definition) is 1. The van der Waals surface area contributed by atoms with Crippen LogP contribution in [-0.2, 0) is 17.8 Å². The van der Waals surface area contributed by atoms with Crippen LogP contribution in [0.25, 0.3) is 10.9 Å². The summed E-state index contributed by atoms with van der Waals surface area (Å²) in [5.41, 5.74) is 2.78. The summed E-state index contributed by atoms with van der Waals surface area (Å²) >= 11 is 0. The number of unbranched alkanes of at least 4 members (excludes halogenated alkanes) is 1. The first-order chi connectivity index (χ1) is 9.88. The minimum Gasteiger partial charge on any atom is -0.385 e. The largest absolute Gasteiger partial charge is 0.385 e. The lowest BCUT2D eigenvalue weighted by Crippen LogP contribution is -2.15. The van der Waals surface area contributed by atoms with Gasteiger partial charge in [0, 0.05) is 49.9 Å². The average molecular weight is 272 g/mol. The van der Waals surface area contributed by atoms with Crippen molar-refractivity contribution < 1.29 is 4.74 Å². The Morgan fingerprint density at radius 3 is 2.95 bits per heavy atom. The Balaban J connectivity index is 1.69. The number of methoxy groups -OCH3 is 1. The number of aryl methyl sites for hydroxylation is 1. The molecule has 20 heavy (non-hydrogen) atoms. The van der Waals surface area contributed by atoms with Gasteiger partial charge in [0.1, 0.15) is 0 Å². The van der Waals surface area contributed by atoms with Gasteiger partial charge in [-0.2, -0.15) is 0 Å². The highest BCUT2D eigenvalue weighted by atomic mass is 16.5. The summed E-state index contributed by atoms with van der Waals surface area (Å²) in [4.78, 5) is 0. The maximum Gasteiger partial charge on any atom is 0.0483 e. The summed E-state index contributed by atoms with van der Waals surface area (Å²) in [7, 11) is 1.77. The van der Waals surface area contributed by atoms with Crippen LogP contribution < -0.4 is 5.32 Å². The maximum atomic E-state index is 5.11. The monoisotopic (exact) mass is 272 g/mol. The fourth-order valence-corrected chi connectivity index (χ4v) is 2.71. The summed E-state index contributed by atoms with van der Waals surface area (Å²) in [6.45, 7) is 2.93. The van der Waals surface area contributed by atoms with Gasteiger partial charge in [-0.1, -0.05) is 12.1 Å². The second-order valence-electron chi connectivity index (χ2n) is 5.71. The molecule has 0 spiro atoms. The van der Waals surface area contributed by atoms with E-state index in [0.29, 0.717) is 0 Å². The molecule has 1 aromatic heterocycles. The number of nitrogens with one attached hydrogen (secondary N) is 1. The zero-order valence-corrected chi connectivity index (χ0v) is 12.3. The van der Waals surface area contributed by atoms with Crippen molar-refractivity contribution in [3.63, 3.8) is 0 Å². The molecule has 1 aromatic carbocycles. The van der Waals surface area contributed by atoms with E-state index in [9.17, 15) is 0 Å². The van der Waals surface area contributed by atoms with E-state index in [1.165, 1.54) is 35.7 Å². The number of rotatable bonds is 8. The van der Waals surface area contributed by atoms with Crippen LogP contribution in [-0.4, -0.2) is 24.3 Å². The Kier molecular flexibility index (Phi) is 4.38. The zero-order valence-electron chi connectivity index (χ0n) is 12.3. The van der Waals surface area contributed by atoms with Crippen LogP contribution in [0.5, 0.6) is 0 Å². The average Bonchev–Trinajstić information content (AvgIpc) is 3.21. The van der Waals surface area contributed by atoms with Gasteiger partial charge in [-0.3, -0.25) is 0 Å². The van der Waals surface area contributed by atoms with E-state index < -0.39 is 0 Å². The maximum absolute atomic E-state index is 5.11. The normalized spacial score (nSPS) is 15.1. The third kappa shape index (κ3) is 3.22. The molecule has 1 N–H and O–H groups in total. The smallest absolute Gasteiger partial charge is 0.0483 e. The molecule has 0 radical (unpaired) electrons. The minimum absolute atomic E-state index is 0.765. The minimum atomic E-state index is 0.765. The molecule has 0 bridgehead atoms. The predicted octanol–water partition coefficient (Wildman–Crippen LogP) is 3.32. The summed E-state index contributed by atoms with van der Waals surface area (Å²) in [6, 6.07) is 9.67. The second kappa shape index (κ2) is 6.42. The number of fused-ring (bicyclic) bond motifs is 1. The molecule has 1 heterocycles.